The zero-order chi connectivity index (χ0) is 11.0. The van der Waals surface area contributed by atoms with Crippen molar-refractivity contribution in [2.24, 2.45) is 0 Å². The molecular formula is C12H15FN2O. The molecule has 0 radical (unpaired) electrons. The van der Waals surface area contributed by atoms with Gasteiger partial charge < -0.3 is 4.74 Å². The second kappa shape index (κ2) is 4.01. The molecule has 1 aromatic heterocycles. The van der Waals surface area contributed by atoms with Crippen molar-refractivity contribution in [1.82, 2.24) is 9.88 Å². The van der Waals surface area contributed by atoms with Gasteiger partial charge in [0.1, 0.15) is 5.82 Å². The summed E-state index contributed by atoms with van der Waals surface area (Å²) in [6, 6.07) is 1.58. The Kier molecular flexibility index (Phi) is 2.52. The Morgan fingerprint density at radius 3 is 3.00 bits per heavy atom. The zero-order valence-electron chi connectivity index (χ0n) is 9.21. The van der Waals surface area contributed by atoms with Gasteiger partial charge in [0.15, 0.2) is 0 Å². The van der Waals surface area contributed by atoms with Crippen LogP contribution < -0.4 is 4.74 Å². The number of halogens is 1. The van der Waals surface area contributed by atoms with Gasteiger partial charge in [-0.1, -0.05) is 0 Å². The topological polar surface area (TPSA) is 25.4 Å². The first-order valence-corrected chi connectivity index (χ1v) is 5.86. The minimum atomic E-state index is -0.184. The van der Waals surface area contributed by atoms with Crippen molar-refractivity contribution in [3.05, 3.63) is 23.1 Å². The highest BCUT2D eigenvalue weighted by Crippen LogP contribution is 2.25. The summed E-state index contributed by atoms with van der Waals surface area (Å²) in [7, 11) is 0. The van der Waals surface area contributed by atoms with Crippen LogP contribution in [0.15, 0.2) is 6.07 Å². The maximum atomic E-state index is 13.8. The molecule has 0 aromatic carbocycles. The molecule has 0 N–H and O–H groups in total. The molecule has 0 unspecified atom stereocenters. The molecule has 0 aliphatic carbocycles. The second-order valence-corrected chi connectivity index (χ2v) is 4.46. The summed E-state index contributed by atoms with van der Waals surface area (Å²) in [4.78, 5) is 6.52. The average Bonchev–Trinajstić information content (AvgIpc) is 2.89. The molecule has 3 heterocycles. The van der Waals surface area contributed by atoms with Gasteiger partial charge in [-0.15, -0.1) is 0 Å². The first-order chi connectivity index (χ1) is 7.83. The van der Waals surface area contributed by atoms with Crippen LogP contribution >= 0.6 is 0 Å². The van der Waals surface area contributed by atoms with Gasteiger partial charge in [0.05, 0.1) is 12.3 Å². The van der Waals surface area contributed by atoms with E-state index < -0.39 is 0 Å². The fraction of sp³-hybridized carbons (Fsp3) is 0.583. The molecule has 4 heteroatoms. The molecule has 0 atom stereocenters. The molecule has 0 spiro atoms. The maximum Gasteiger partial charge on any atom is 0.217 e. The molecule has 86 valence electrons. The largest absolute Gasteiger partial charge is 0.477 e. The van der Waals surface area contributed by atoms with E-state index in [-0.39, 0.29) is 5.82 Å². The van der Waals surface area contributed by atoms with Crippen LogP contribution in [0.3, 0.4) is 0 Å². The van der Waals surface area contributed by atoms with Crippen LogP contribution in [0, 0.1) is 5.82 Å². The van der Waals surface area contributed by atoms with Crippen LogP contribution in [0.1, 0.15) is 24.1 Å². The van der Waals surface area contributed by atoms with E-state index in [2.05, 4.69) is 9.88 Å². The molecule has 0 amide bonds. The summed E-state index contributed by atoms with van der Waals surface area (Å²) in [6.45, 7) is 3.36. The number of likely N-dealkylation sites (tertiary alicyclic amines) is 1. The lowest BCUT2D eigenvalue weighted by Gasteiger charge is -2.14. The third-order valence-corrected chi connectivity index (χ3v) is 3.27. The number of rotatable bonds is 2. The lowest BCUT2D eigenvalue weighted by molar-refractivity contribution is 0.312. The van der Waals surface area contributed by atoms with E-state index >= 15 is 0 Å². The van der Waals surface area contributed by atoms with Crippen LogP contribution in [-0.2, 0) is 13.0 Å². The first kappa shape index (κ1) is 10.0. The number of fused-ring (bicyclic) bond motifs is 1. The van der Waals surface area contributed by atoms with Crippen LogP contribution in [0.25, 0.3) is 0 Å². The molecular weight excluding hydrogens is 207 g/mol. The summed E-state index contributed by atoms with van der Waals surface area (Å²) in [5.41, 5.74) is 1.44. The van der Waals surface area contributed by atoms with Crippen molar-refractivity contribution in [2.45, 2.75) is 25.8 Å². The molecule has 1 saturated heterocycles. The van der Waals surface area contributed by atoms with E-state index in [1.54, 1.807) is 6.07 Å². The van der Waals surface area contributed by atoms with Gasteiger partial charge in [-0.05, 0) is 32.0 Å². The van der Waals surface area contributed by atoms with E-state index in [9.17, 15) is 4.39 Å². The molecule has 0 bridgehead atoms. The number of hydrogen-bond donors (Lipinski definition) is 0. The lowest BCUT2D eigenvalue weighted by Crippen LogP contribution is -2.20. The Hall–Kier alpha value is -1.16. The Labute approximate surface area is 94.2 Å². The zero-order valence-corrected chi connectivity index (χ0v) is 9.21. The van der Waals surface area contributed by atoms with Crippen molar-refractivity contribution in [3.63, 3.8) is 0 Å². The van der Waals surface area contributed by atoms with Gasteiger partial charge in [-0.2, -0.15) is 0 Å². The number of hydrogen-bond acceptors (Lipinski definition) is 3. The van der Waals surface area contributed by atoms with E-state index in [0.717, 1.165) is 25.1 Å². The summed E-state index contributed by atoms with van der Waals surface area (Å²) >= 11 is 0. The van der Waals surface area contributed by atoms with Gasteiger partial charge >= 0.3 is 0 Å². The number of ether oxygens (including phenoxy) is 1. The highest BCUT2D eigenvalue weighted by molar-refractivity contribution is 5.32. The molecule has 1 aromatic rings. The Morgan fingerprint density at radius 1 is 1.38 bits per heavy atom. The summed E-state index contributed by atoms with van der Waals surface area (Å²) in [6.07, 6.45) is 3.20. The van der Waals surface area contributed by atoms with Crippen LogP contribution in [-0.4, -0.2) is 29.6 Å². The fourth-order valence-corrected chi connectivity index (χ4v) is 2.37. The monoisotopic (exact) mass is 222 g/mol. The maximum absolute atomic E-state index is 13.8. The normalized spacial score (nSPS) is 19.8. The summed E-state index contributed by atoms with van der Waals surface area (Å²) in [5, 5.41) is 0. The number of pyridine rings is 1. The third-order valence-electron chi connectivity index (χ3n) is 3.27. The average molecular weight is 222 g/mol. The molecule has 3 nitrogen and oxygen atoms in total. The minimum Gasteiger partial charge on any atom is -0.477 e. The van der Waals surface area contributed by atoms with Gasteiger partial charge in [0.25, 0.3) is 0 Å². The second-order valence-electron chi connectivity index (χ2n) is 4.46. The van der Waals surface area contributed by atoms with Crippen molar-refractivity contribution in [2.75, 3.05) is 19.7 Å². The predicted molar refractivity (Wildman–Crippen MR) is 57.9 cm³/mol. The number of aromatic nitrogens is 1. The molecule has 16 heavy (non-hydrogen) atoms. The van der Waals surface area contributed by atoms with E-state index in [4.69, 9.17) is 4.74 Å². The van der Waals surface area contributed by atoms with Crippen molar-refractivity contribution in [3.8, 4) is 5.88 Å². The standard InChI is InChI=1S/C12H15FN2O/c13-10-7-9-3-6-16-12(9)14-11(10)8-15-4-1-2-5-15/h7H,1-6,8H2. The van der Waals surface area contributed by atoms with Gasteiger partial charge in [-0.25, -0.2) is 9.37 Å². The Morgan fingerprint density at radius 2 is 2.19 bits per heavy atom. The predicted octanol–water partition coefficient (Wildman–Crippen LogP) is 1.75. The highest BCUT2D eigenvalue weighted by atomic mass is 19.1. The van der Waals surface area contributed by atoms with Gasteiger partial charge in [0.2, 0.25) is 5.88 Å². The summed E-state index contributed by atoms with van der Waals surface area (Å²) < 4.78 is 19.1. The van der Waals surface area contributed by atoms with Crippen molar-refractivity contribution in [1.29, 1.82) is 0 Å². The third kappa shape index (κ3) is 1.78. The molecule has 0 saturated carbocycles. The first-order valence-electron chi connectivity index (χ1n) is 5.86. The van der Waals surface area contributed by atoms with E-state index in [0.29, 0.717) is 24.7 Å². The van der Waals surface area contributed by atoms with E-state index in [1.807, 2.05) is 0 Å². The van der Waals surface area contributed by atoms with Crippen LogP contribution in [0.4, 0.5) is 4.39 Å². The van der Waals surface area contributed by atoms with Gasteiger partial charge in [-0.3, -0.25) is 4.90 Å². The van der Waals surface area contributed by atoms with E-state index in [1.165, 1.54) is 12.8 Å². The molecule has 2 aliphatic heterocycles. The fourth-order valence-electron chi connectivity index (χ4n) is 2.37. The quantitative estimate of drug-likeness (QED) is 0.762. The summed E-state index contributed by atoms with van der Waals surface area (Å²) in [5.74, 6) is 0.451. The van der Waals surface area contributed by atoms with Gasteiger partial charge in [0, 0.05) is 18.5 Å². The molecule has 1 fully saturated rings. The van der Waals surface area contributed by atoms with Crippen LogP contribution in [0.2, 0.25) is 0 Å². The van der Waals surface area contributed by atoms with Crippen LogP contribution in [0.5, 0.6) is 5.88 Å². The van der Waals surface area contributed by atoms with Crippen molar-refractivity contribution >= 4 is 0 Å². The molecule has 3 rings (SSSR count). The highest BCUT2D eigenvalue weighted by Gasteiger charge is 2.20. The molecule has 2 aliphatic rings. The smallest absolute Gasteiger partial charge is 0.217 e. The number of nitrogens with zero attached hydrogens (tertiary/aromatic N) is 2. The van der Waals surface area contributed by atoms with Crippen molar-refractivity contribution < 1.29 is 9.13 Å². The Bertz CT molecular complexity index is 402. The minimum absolute atomic E-state index is 0.184. The SMILES string of the molecule is Fc1cc2c(nc1CN1CCCC1)OCC2. The Balaban J connectivity index is 1.83. The lowest BCUT2D eigenvalue weighted by atomic mass is 10.2.